The molecule has 0 fully saturated rings. The Balaban J connectivity index is 2.10. The highest BCUT2D eigenvalue weighted by Gasteiger charge is 2.10. The number of carbonyl (C=O) groups is 2. The lowest BCUT2D eigenvalue weighted by Gasteiger charge is -2.12. The van der Waals surface area contributed by atoms with Gasteiger partial charge in [0, 0.05) is 17.8 Å². The molecule has 0 spiro atoms. The third kappa shape index (κ3) is 4.58. The van der Waals surface area contributed by atoms with Gasteiger partial charge in [0.05, 0.1) is 13.2 Å². The highest BCUT2D eigenvalue weighted by atomic mass is 16.5. The van der Waals surface area contributed by atoms with Gasteiger partial charge in [0.2, 0.25) is 5.91 Å². The SMILES string of the molecule is COc1cccc(C(=O)Nc2ccccc2CNC(=O)CC#N)c1. The van der Waals surface area contributed by atoms with E-state index in [0.717, 1.165) is 5.56 Å². The van der Waals surface area contributed by atoms with Crippen LogP contribution in [0, 0.1) is 11.3 Å². The Bertz CT molecular complexity index is 781. The molecule has 6 heteroatoms. The number of nitrogens with one attached hydrogen (secondary N) is 2. The Hall–Kier alpha value is -3.33. The van der Waals surface area contributed by atoms with Crippen molar-refractivity contribution in [2.24, 2.45) is 0 Å². The molecule has 6 nitrogen and oxygen atoms in total. The van der Waals surface area contributed by atoms with Crippen LogP contribution in [0.25, 0.3) is 0 Å². The first kappa shape index (κ1) is 17.0. The number of anilines is 1. The molecule has 0 aliphatic heterocycles. The predicted octanol–water partition coefficient (Wildman–Crippen LogP) is 2.48. The quantitative estimate of drug-likeness (QED) is 0.854. The van der Waals surface area contributed by atoms with Crippen molar-refractivity contribution in [1.29, 1.82) is 5.26 Å². The third-order valence-corrected chi connectivity index (χ3v) is 3.31. The summed E-state index contributed by atoms with van der Waals surface area (Å²) in [6.07, 6.45) is -0.196. The van der Waals surface area contributed by atoms with Gasteiger partial charge < -0.3 is 15.4 Å². The molecule has 2 aromatic rings. The van der Waals surface area contributed by atoms with Crippen LogP contribution in [0.15, 0.2) is 48.5 Å². The van der Waals surface area contributed by atoms with Crippen LogP contribution in [0.4, 0.5) is 5.69 Å². The second-order valence-corrected chi connectivity index (χ2v) is 4.95. The minimum absolute atomic E-state index is 0.196. The van der Waals surface area contributed by atoms with E-state index in [-0.39, 0.29) is 24.8 Å². The van der Waals surface area contributed by atoms with Gasteiger partial charge in [-0.1, -0.05) is 24.3 Å². The van der Waals surface area contributed by atoms with Gasteiger partial charge in [-0.15, -0.1) is 0 Å². The van der Waals surface area contributed by atoms with Crippen LogP contribution in [0.1, 0.15) is 22.3 Å². The van der Waals surface area contributed by atoms with E-state index in [0.29, 0.717) is 17.0 Å². The van der Waals surface area contributed by atoms with Crippen LogP contribution >= 0.6 is 0 Å². The zero-order valence-corrected chi connectivity index (χ0v) is 13.2. The molecule has 122 valence electrons. The number of hydrogen-bond acceptors (Lipinski definition) is 4. The van der Waals surface area contributed by atoms with E-state index in [1.165, 1.54) is 7.11 Å². The molecule has 2 aromatic carbocycles. The number of hydrogen-bond donors (Lipinski definition) is 2. The smallest absolute Gasteiger partial charge is 0.255 e. The summed E-state index contributed by atoms with van der Waals surface area (Å²) in [6.45, 7) is 0.231. The average molecular weight is 323 g/mol. The van der Waals surface area contributed by atoms with Gasteiger partial charge in [-0.2, -0.15) is 5.26 Å². The van der Waals surface area contributed by atoms with Gasteiger partial charge in [0.15, 0.2) is 0 Å². The van der Waals surface area contributed by atoms with Gasteiger partial charge in [-0.05, 0) is 29.8 Å². The van der Waals surface area contributed by atoms with E-state index in [4.69, 9.17) is 10.00 Å². The molecule has 0 bridgehead atoms. The van der Waals surface area contributed by atoms with Crippen LogP contribution in [0.2, 0.25) is 0 Å². The number of carbonyl (C=O) groups excluding carboxylic acids is 2. The number of amides is 2. The Kier molecular flexibility index (Phi) is 5.92. The Morgan fingerprint density at radius 2 is 1.96 bits per heavy atom. The molecular weight excluding hydrogens is 306 g/mol. The minimum Gasteiger partial charge on any atom is -0.497 e. The highest BCUT2D eigenvalue weighted by Crippen LogP contribution is 2.18. The number of para-hydroxylation sites is 1. The summed E-state index contributed by atoms with van der Waals surface area (Å²) in [5, 5.41) is 14.0. The van der Waals surface area contributed by atoms with E-state index in [2.05, 4.69) is 10.6 Å². The molecule has 24 heavy (non-hydrogen) atoms. The maximum atomic E-state index is 12.4. The molecule has 0 heterocycles. The molecule has 0 aromatic heterocycles. The number of rotatable bonds is 6. The molecule has 0 saturated heterocycles. The molecule has 2 amide bonds. The van der Waals surface area contributed by atoms with Gasteiger partial charge in [0.1, 0.15) is 12.2 Å². The largest absolute Gasteiger partial charge is 0.497 e. The van der Waals surface area contributed by atoms with Crippen LogP contribution in [0.3, 0.4) is 0 Å². The van der Waals surface area contributed by atoms with Crippen molar-refractivity contribution >= 4 is 17.5 Å². The van der Waals surface area contributed by atoms with Gasteiger partial charge in [-0.3, -0.25) is 9.59 Å². The standard InChI is InChI=1S/C18H17N3O3/c1-24-15-7-4-6-13(11-15)18(23)21-16-8-3-2-5-14(16)12-20-17(22)9-10-19/h2-8,11H,9,12H2,1H3,(H,20,22)(H,21,23). The summed E-state index contributed by atoms with van der Waals surface area (Å²) in [4.78, 5) is 23.8. The summed E-state index contributed by atoms with van der Waals surface area (Å²) in [5.41, 5.74) is 1.82. The number of benzene rings is 2. The lowest BCUT2D eigenvalue weighted by atomic mass is 10.1. The Morgan fingerprint density at radius 3 is 2.71 bits per heavy atom. The normalized spacial score (nSPS) is 9.67. The third-order valence-electron chi connectivity index (χ3n) is 3.31. The molecular formula is C18H17N3O3. The number of methoxy groups -OCH3 is 1. The molecule has 0 aliphatic carbocycles. The van der Waals surface area contributed by atoms with E-state index in [1.807, 2.05) is 6.07 Å². The van der Waals surface area contributed by atoms with E-state index >= 15 is 0 Å². The number of ether oxygens (including phenoxy) is 1. The fourth-order valence-corrected chi connectivity index (χ4v) is 2.08. The summed E-state index contributed by atoms with van der Waals surface area (Å²) < 4.78 is 5.11. The molecule has 0 radical (unpaired) electrons. The Morgan fingerprint density at radius 1 is 1.17 bits per heavy atom. The molecule has 0 unspecified atom stereocenters. The van der Waals surface area contributed by atoms with Crippen molar-refractivity contribution in [2.75, 3.05) is 12.4 Å². The van der Waals surface area contributed by atoms with E-state index in [1.54, 1.807) is 48.5 Å². The molecule has 0 saturated carbocycles. The molecule has 2 rings (SSSR count). The van der Waals surface area contributed by atoms with Crippen molar-refractivity contribution in [1.82, 2.24) is 5.32 Å². The summed E-state index contributed by atoms with van der Waals surface area (Å²) in [6, 6.07) is 15.8. The lowest BCUT2D eigenvalue weighted by Crippen LogP contribution is -2.23. The predicted molar refractivity (Wildman–Crippen MR) is 89.5 cm³/mol. The molecule has 2 N–H and O–H groups in total. The maximum absolute atomic E-state index is 12.4. The first-order valence-corrected chi connectivity index (χ1v) is 7.31. The van der Waals surface area contributed by atoms with E-state index in [9.17, 15) is 9.59 Å². The zero-order chi connectivity index (χ0) is 17.4. The van der Waals surface area contributed by atoms with Gasteiger partial charge in [0.25, 0.3) is 5.91 Å². The molecule has 0 aliphatic rings. The topological polar surface area (TPSA) is 91.2 Å². The maximum Gasteiger partial charge on any atom is 0.255 e. The van der Waals surface area contributed by atoms with Crippen molar-refractivity contribution in [3.05, 3.63) is 59.7 Å². The molecule has 0 atom stereocenters. The first-order chi connectivity index (χ1) is 11.6. The highest BCUT2D eigenvalue weighted by molar-refractivity contribution is 6.04. The fourth-order valence-electron chi connectivity index (χ4n) is 2.08. The second kappa shape index (κ2) is 8.34. The summed E-state index contributed by atoms with van der Waals surface area (Å²) in [7, 11) is 1.54. The average Bonchev–Trinajstić information content (AvgIpc) is 2.61. The number of nitriles is 1. The van der Waals surface area contributed by atoms with Crippen LogP contribution in [-0.4, -0.2) is 18.9 Å². The summed E-state index contributed by atoms with van der Waals surface area (Å²) >= 11 is 0. The van der Waals surface area contributed by atoms with Crippen LogP contribution in [0.5, 0.6) is 5.75 Å². The van der Waals surface area contributed by atoms with Crippen molar-refractivity contribution in [3.63, 3.8) is 0 Å². The lowest BCUT2D eigenvalue weighted by molar-refractivity contribution is -0.120. The van der Waals surface area contributed by atoms with Crippen LogP contribution in [-0.2, 0) is 11.3 Å². The first-order valence-electron chi connectivity index (χ1n) is 7.31. The Labute approximate surface area is 140 Å². The van der Waals surface area contributed by atoms with Gasteiger partial charge >= 0.3 is 0 Å². The number of nitrogens with zero attached hydrogens (tertiary/aromatic N) is 1. The van der Waals surface area contributed by atoms with E-state index < -0.39 is 0 Å². The second-order valence-electron chi connectivity index (χ2n) is 4.95. The van der Waals surface area contributed by atoms with Gasteiger partial charge in [-0.25, -0.2) is 0 Å². The monoisotopic (exact) mass is 323 g/mol. The minimum atomic E-state index is -0.355. The fraction of sp³-hybridized carbons (Fsp3) is 0.167. The van der Waals surface area contributed by atoms with Crippen molar-refractivity contribution < 1.29 is 14.3 Å². The zero-order valence-electron chi connectivity index (χ0n) is 13.2. The van der Waals surface area contributed by atoms with Crippen LogP contribution < -0.4 is 15.4 Å². The van der Waals surface area contributed by atoms with Crippen molar-refractivity contribution in [2.45, 2.75) is 13.0 Å². The summed E-state index contributed by atoms with van der Waals surface area (Å²) in [5.74, 6) is -0.0316. The van der Waals surface area contributed by atoms with Crippen molar-refractivity contribution in [3.8, 4) is 11.8 Å².